The van der Waals surface area contributed by atoms with Crippen molar-refractivity contribution in [3.63, 3.8) is 0 Å². The van der Waals surface area contributed by atoms with E-state index in [1.807, 2.05) is 18.2 Å². The van der Waals surface area contributed by atoms with Crippen molar-refractivity contribution < 1.29 is 23.9 Å². The first-order valence-corrected chi connectivity index (χ1v) is 14.1. The number of unbranched alkanes of at least 4 members (excludes halogenated alkanes) is 9. The number of methoxy groups -OCH3 is 2. The van der Waals surface area contributed by atoms with E-state index in [2.05, 4.69) is 23.0 Å². The molecule has 1 aromatic rings. The van der Waals surface area contributed by atoms with E-state index in [1.54, 1.807) is 0 Å². The predicted molar refractivity (Wildman–Crippen MR) is 139 cm³/mol. The van der Waals surface area contributed by atoms with Gasteiger partial charge in [-0.1, -0.05) is 82.9 Å². The third kappa shape index (κ3) is 13.0. The standard InChI is InChI=1S/C27H43NO5S/c1-4-5-6-7-8-9-10-11-12-13-17-23-18-14-15-19-24(23)34(27(31)33-3)21-16-20-25(29)28-22-26(30)32-2/h14-15,18-19H,4-13,16-17,20-22H2,1-3H3/p+1. The number of ether oxygens (including phenoxy) is 2. The van der Waals surface area contributed by atoms with Crippen molar-refractivity contribution in [1.29, 1.82) is 0 Å². The minimum Gasteiger partial charge on any atom is -0.468 e. The van der Waals surface area contributed by atoms with Gasteiger partial charge in [0, 0.05) is 18.4 Å². The summed E-state index contributed by atoms with van der Waals surface area (Å²) < 4.78 is 9.61. The summed E-state index contributed by atoms with van der Waals surface area (Å²) in [7, 11) is 1.97. The average Bonchev–Trinajstić information content (AvgIpc) is 2.86. The Hall–Kier alpha value is -2.02. The summed E-state index contributed by atoms with van der Waals surface area (Å²) in [5.74, 6) is -0.158. The van der Waals surface area contributed by atoms with Crippen LogP contribution in [0.1, 0.15) is 89.5 Å². The number of aryl methyl sites for hydroxylation is 1. The molecule has 1 rings (SSSR count). The zero-order valence-electron chi connectivity index (χ0n) is 21.4. The molecule has 0 bridgehead atoms. The van der Waals surface area contributed by atoms with Gasteiger partial charge in [0.1, 0.15) is 23.2 Å². The second-order valence-corrected chi connectivity index (χ2v) is 10.5. The highest BCUT2D eigenvalue weighted by Crippen LogP contribution is 2.24. The molecular formula is C27H44NO5S+. The first kappa shape index (κ1) is 30.0. The molecule has 192 valence electrons. The molecule has 0 aromatic heterocycles. The van der Waals surface area contributed by atoms with Gasteiger partial charge in [-0.25, -0.2) is 0 Å². The number of amides is 1. The van der Waals surface area contributed by atoms with Gasteiger partial charge in [-0.15, -0.1) is 0 Å². The molecular weight excluding hydrogens is 450 g/mol. The zero-order valence-corrected chi connectivity index (χ0v) is 22.2. The number of carbonyl (C=O) groups is 3. The minimum atomic E-state index is -0.722. The molecule has 0 heterocycles. The maximum Gasteiger partial charge on any atom is 0.531 e. The van der Waals surface area contributed by atoms with E-state index in [0.29, 0.717) is 12.2 Å². The molecule has 1 aromatic carbocycles. The van der Waals surface area contributed by atoms with Crippen molar-refractivity contribution in [2.24, 2.45) is 0 Å². The van der Waals surface area contributed by atoms with Crippen LogP contribution in [-0.4, -0.2) is 43.7 Å². The lowest BCUT2D eigenvalue weighted by Crippen LogP contribution is -2.30. The Balaban J connectivity index is 2.50. The Kier molecular flexibility index (Phi) is 17.0. The molecule has 0 aliphatic rings. The molecule has 0 fully saturated rings. The molecule has 1 amide bonds. The van der Waals surface area contributed by atoms with Gasteiger partial charge in [0.15, 0.2) is 4.90 Å². The maximum atomic E-state index is 12.6. The highest BCUT2D eigenvalue weighted by atomic mass is 32.2. The van der Waals surface area contributed by atoms with Crippen LogP contribution < -0.4 is 5.32 Å². The average molecular weight is 495 g/mol. The molecule has 0 aliphatic carbocycles. The Morgan fingerprint density at radius 3 is 2.06 bits per heavy atom. The molecule has 0 radical (unpaired) electrons. The first-order chi connectivity index (χ1) is 16.5. The molecule has 6 nitrogen and oxygen atoms in total. The van der Waals surface area contributed by atoms with Crippen LogP contribution in [0.5, 0.6) is 0 Å². The highest BCUT2D eigenvalue weighted by Gasteiger charge is 2.35. The molecule has 0 saturated heterocycles. The van der Waals surface area contributed by atoms with Gasteiger partial charge in [-0.3, -0.25) is 9.59 Å². The number of esters is 1. The van der Waals surface area contributed by atoms with E-state index in [1.165, 1.54) is 77.6 Å². The normalized spacial score (nSPS) is 11.6. The second-order valence-electron chi connectivity index (χ2n) is 8.55. The Labute approximate surface area is 208 Å². The maximum absolute atomic E-state index is 12.6. The van der Waals surface area contributed by atoms with Crippen molar-refractivity contribution in [2.45, 2.75) is 95.3 Å². The van der Waals surface area contributed by atoms with Gasteiger partial charge in [0.25, 0.3) is 0 Å². The fourth-order valence-electron chi connectivity index (χ4n) is 3.85. The summed E-state index contributed by atoms with van der Waals surface area (Å²) in [6.45, 7) is 2.11. The number of carbonyl (C=O) groups excluding carboxylic acids is 3. The molecule has 1 atom stereocenters. The van der Waals surface area contributed by atoms with Crippen LogP contribution in [0.15, 0.2) is 29.2 Å². The highest BCUT2D eigenvalue weighted by molar-refractivity contribution is 8.10. The van der Waals surface area contributed by atoms with Gasteiger partial charge < -0.3 is 14.8 Å². The summed E-state index contributed by atoms with van der Waals surface area (Å²) in [6, 6.07) is 8.11. The third-order valence-corrected chi connectivity index (χ3v) is 8.01. The van der Waals surface area contributed by atoms with Gasteiger partial charge in [-0.2, -0.15) is 4.79 Å². The number of nitrogens with one attached hydrogen (secondary N) is 1. The quantitative estimate of drug-likeness (QED) is 0.155. The Bertz CT molecular complexity index is 725. The van der Waals surface area contributed by atoms with Gasteiger partial charge in [-0.05, 0) is 18.9 Å². The lowest BCUT2D eigenvalue weighted by Gasteiger charge is -2.10. The number of hydrogen-bond acceptors (Lipinski definition) is 5. The van der Waals surface area contributed by atoms with E-state index in [4.69, 9.17) is 4.74 Å². The summed E-state index contributed by atoms with van der Waals surface area (Å²) in [5, 5.41) is 2.29. The van der Waals surface area contributed by atoms with Crippen molar-refractivity contribution in [3.8, 4) is 0 Å². The number of hydrogen-bond donors (Lipinski definition) is 1. The summed E-state index contributed by atoms with van der Waals surface area (Å²) in [4.78, 5) is 36.7. The van der Waals surface area contributed by atoms with Crippen LogP contribution >= 0.6 is 0 Å². The molecule has 0 spiro atoms. The van der Waals surface area contributed by atoms with Crippen molar-refractivity contribution in [1.82, 2.24) is 5.32 Å². The molecule has 7 heteroatoms. The summed E-state index contributed by atoms with van der Waals surface area (Å²) in [5.41, 5.74) is 1.20. The van der Waals surface area contributed by atoms with Crippen LogP contribution in [0.4, 0.5) is 4.79 Å². The van der Waals surface area contributed by atoms with Gasteiger partial charge >= 0.3 is 11.3 Å². The molecule has 34 heavy (non-hydrogen) atoms. The number of benzene rings is 1. The Morgan fingerprint density at radius 1 is 0.824 bits per heavy atom. The molecule has 0 aliphatic heterocycles. The smallest absolute Gasteiger partial charge is 0.468 e. The fourth-order valence-corrected chi connectivity index (χ4v) is 5.78. The molecule has 0 saturated carbocycles. The minimum absolute atomic E-state index is 0.139. The SMILES string of the molecule is CCCCCCCCCCCCc1ccccc1[S+](CCCC(=O)NCC(=O)OC)C(=O)OC. The van der Waals surface area contributed by atoms with E-state index < -0.39 is 16.9 Å². The van der Waals surface area contributed by atoms with Crippen molar-refractivity contribution in [2.75, 3.05) is 26.5 Å². The second kappa shape index (κ2) is 19.3. The van der Waals surface area contributed by atoms with Gasteiger partial charge in [0.05, 0.1) is 14.2 Å². The van der Waals surface area contributed by atoms with E-state index >= 15 is 0 Å². The number of rotatable bonds is 18. The predicted octanol–water partition coefficient (Wildman–Crippen LogP) is 5.96. The lowest BCUT2D eigenvalue weighted by molar-refractivity contribution is -0.141. The summed E-state index contributed by atoms with van der Waals surface area (Å²) in [6.07, 6.45) is 14.7. The summed E-state index contributed by atoms with van der Waals surface area (Å²) >= 11 is 0. The van der Waals surface area contributed by atoms with Crippen LogP contribution in [0.25, 0.3) is 0 Å². The topological polar surface area (TPSA) is 81.7 Å². The first-order valence-electron chi connectivity index (χ1n) is 12.7. The van der Waals surface area contributed by atoms with Crippen molar-refractivity contribution in [3.05, 3.63) is 29.8 Å². The molecule has 1 N–H and O–H groups in total. The van der Waals surface area contributed by atoms with E-state index in [-0.39, 0.29) is 24.2 Å². The largest absolute Gasteiger partial charge is 0.531 e. The van der Waals surface area contributed by atoms with Crippen LogP contribution in [0.3, 0.4) is 0 Å². The van der Waals surface area contributed by atoms with Crippen LogP contribution in [-0.2, 0) is 36.4 Å². The van der Waals surface area contributed by atoms with Gasteiger partial charge in [0.2, 0.25) is 5.91 Å². The fraction of sp³-hybridized carbons (Fsp3) is 0.667. The van der Waals surface area contributed by atoms with Crippen LogP contribution in [0, 0.1) is 0 Å². The van der Waals surface area contributed by atoms with E-state index in [0.717, 1.165) is 17.7 Å². The Morgan fingerprint density at radius 2 is 1.44 bits per heavy atom. The molecule has 1 unspecified atom stereocenters. The lowest BCUT2D eigenvalue weighted by atomic mass is 10.0. The van der Waals surface area contributed by atoms with Crippen molar-refractivity contribution >= 4 is 28.1 Å². The third-order valence-electron chi connectivity index (χ3n) is 5.82. The zero-order chi connectivity index (χ0) is 25.0. The van der Waals surface area contributed by atoms with Crippen LogP contribution in [0.2, 0.25) is 0 Å². The monoisotopic (exact) mass is 494 g/mol. The van der Waals surface area contributed by atoms with E-state index in [9.17, 15) is 14.4 Å².